The number of likely N-dealkylation sites (tertiary alicyclic amines) is 1. The first-order valence-electron chi connectivity index (χ1n) is 12.2. The van der Waals surface area contributed by atoms with Crippen LogP contribution in [0.5, 0.6) is 0 Å². The quantitative estimate of drug-likeness (QED) is 0.327. The number of alkyl halides is 6. The topological polar surface area (TPSA) is 24.9 Å². The summed E-state index contributed by atoms with van der Waals surface area (Å²) in [5, 5.41) is 0. The van der Waals surface area contributed by atoms with Crippen molar-refractivity contribution in [3.63, 3.8) is 0 Å². The van der Waals surface area contributed by atoms with Crippen LogP contribution >= 0.6 is 0 Å². The molecule has 0 N–H and O–H groups in total. The van der Waals surface area contributed by atoms with Crippen LogP contribution < -0.4 is 0 Å². The molecule has 0 radical (unpaired) electrons. The number of morpholine rings is 1. The van der Waals surface area contributed by atoms with Gasteiger partial charge in [-0.15, -0.1) is 0 Å². The molecular weight excluding hydrogens is 517 g/mol. The Balaban J connectivity index is 1.59. The van der Waals surface area contributed by atoms with Crippen molar-refractivity contribution in [2.45, 2.75) is 44.1 Å². The third-order valence-corrected chi connectivity index (χ3v) is 6.60. The number of nitrogens with zero attached hydrogens (tertiary/aromatic N) is 2. The van der Waals surface area contributed by atoms with Gasteiger partial charge in [0, 0.05) is 19.6 Å². The largest absolute Gasteiger partial charge is 0.416 e. The summed E-state index contributed by atoms with van der Waals surface area (Å²) in [7, 11) is 0. The molecule has 0 aromatic heterocycles. The monoisotopic (exact) mass is 544 g/mol. The molecule has 206 valence electrons. The van der Waals surface area contributed by atoms with E-state index in [9.17, 15) is 30.7 Å². The molecule has 2 saturated heterocycles. The fraction of sp³-hybridized carbons (Fsp3) is 0.481. The van der Waals surface area contributed by atoms with E-state index in [0.717, 1.165) is 19.5 Å². The number of hydrogen-bond acceptors (Lipinski definition) is 4. The van der Waals surface area contributed by atoms with E-state index >= 15 is 0 Å². The van der Waals surface area contributed by atoms with E-state index in [1.165, 1.54) is 19.1 Å². The van der Waals surface area contributed by atoms with Crippen LogP contribution in [-0.2, 0) is 21.8 Å². The van der Waals surface area contributed by atoms with Gasteiger partial charge in [0.25, 0.3) is 0 Å². The zero-order valence-electron chi connectivity index (χ0n) is 20.6. The summed E-state index contributed by atoms with van der Waals surface area (Å²) in [5.74, 6) is 5.78. The molecule has 2 aromatic rings. The van der Waals surface area contributed by atoms with Crippen molar-refractivity contribution < 1.29 is 40.2 Å². The molecular formula is C27H27F7N2O2. The molecule has 0 unspecified atom stereocenters. The molecule has 0 amide bonds. The summed E-state index contributed by atoms with van der Waals surface area (Å²) >= 11 is 0. The zero-order valence-corrected chi connectivity index (χ0v) is 20.6. The summed E-state index contributed by atoms with van der Waals surface area (Å²) in [6.07, 6.45) is -11.0. The lowest BCUT2D eigenvalue weighted by Gasteiger charge is -2.41. The maximum absolute atomic E-state index is 13.6. The van der Waals surface area contributed by atoms with Crippen LogP contribution in [0.2, 0.25) is 0 Å². The molecule has 2 fully saturated rings. The number of ether oxygens (including phenoxy) is 2. The summed E-state index contributed by atoms with van der Waals surface area (Å²) < 4.78 is 106. The van der Waals surface area contributed by atoms with Gasteiger partial charge in [0.05, 0.1) is 43.0 Å². The Labute approximate surface area is 216 Å². The Morgan fingerprint density at radius 1 is 0.921 bits per heavy atom. The first-order valence-corrected chi connectivity index (χ1v) is 12.2. The van der Waals surface area contributed by atoms with Gasteiger partial charge >= 0.3 is 12.4 Å². The fourth-order valence-corrected chi connectivity index (χ4v) is 4.37. The lowest BCUT2D eigenvalue weighted by molar-refractivity contribution is -0.228. The van der Waals surface area contributed by atoms with E-state index in [4.69, 9.17) is 9.47 Å². The van der Waals surface area contributed by atoms with E-state index in [-0.39, 0.29) is 18.2 Å². The number of benzene rings is 2. The summed E-state index contributed by atoms with van der Waals surface area (Å²) in [6, 6.07) is 6.38. The first kappa shape index (κ1) is 28.4. The van der Waals surface area contributed by atoms with Crippen molar-refractivity contribution >= 4 is 0 Å². The van der Waals surface area contributed by atoms with Crippen LogP contribution in [-0.4, -0.2) is 55.4 Å². The highest BCUT2D eigenvalue weighted by Gasteiger charge is 2.39. The third kappa shape index (κ3) is 7.05. The van der Waals surface area contributed by atoms with Crippen LogP contribution in [0.25, 0.3) is 0 Å². The minimum absolute atomic E-state index is 0.0786. The van der Waals surface area contributed by atoms with Gasteiger partial charge in [0.1, 0.15) is 5.82 Å². The number of halogens is 7. The first-order chi connectivity index (χ1) is 17.9. The Hall–Kier alpha value is -2.65. The summed E-state index contributed by atoms with van der Waals surface area (Å²) in [4.78, 5) is 4.14. The van der Waals surface area contributed by atoms with E-state index in [0.29, 0.717) is 37.3 Å². The number of hydrogen-bond donors (Lipinski definition) is 0. The minimum Gasteiger partial charge on any atom is -0.349 e. The molecule has 0 aliphatic carbocycles. The van der Waals surface area contributed by atoms with Crippen LogP contribution in [0.1, 0.15) is 47.7 Å². The van der Waals surface area contributed by atoms with Gasteiger partial charge in [-0.3, -0.25) is 9.80 Å². The Bertz CT molecular complexity index is 1120. The highest BCUT2D eigenvalue weighted by atomic mass is 19.4. The highest BCUT2D eigenvalue weighted by Crippen LogP contribution is 2.39. The van der Waals surface area contributed by atoms with Crippen molar-refractivity contribution in [3.05, 3.63) is 70.5 Å². The van der Waals surface area contributed by atoms with Crippen LogP contribution in [0.15, 0.2) is 42.5 Å². The third-order valence-electron chi connectivity index (χ3n) is 6.60. The van der Waals surface area contributed by atoms with E-state index in [1.54, 1.807) is 12.1 Å². The van der Waals surface area contributed by atoms with Crippen molar-refractivity contribution in [3.8, 4) is 11.8 Å². The van der Waals surface area contributed by atoms with Gasteiger partial charge in [0.15, 0.2) is 6.29 Å². The fourth-order valence-electron chi connectivity index (χ4n) is 4.37. The van der Waals surface area contributed by atoms with Crippen LogP contribution in [0.3, 0.4) is 0 Å². The van der Waals surface area contributed by atoms with Crippen molar-refractivity contribution in [1.82, 2.24) is 9.80 Å². The maximum Gasteiger partial charge on any atom is 0.416 e. The van der Waals surface area contributed by atoms with E-state index in [2.05, 4.69) is 16.7 Å². The molecule has 2 aromatic carbocycles. The van der Waals surface area contributed by atoms with Crippen LogP contribution in [0, 0.1) is 17.7 Å². The van der Waals surface area contributed by atoms with Crippen molar-refractivity contribution in [2.24, 2.45) is 0 Å². The molecule has 2 aliphatic rings. The highest BCUT2D eigenvalue weighted by molar-refractivity contribution is 5.35. The summed E-state index contributed by atoms with van der Waals surface area (Å²) in [5.41, 5.74) is -2.51. The zero-order chi connectivity index (χ0) is 27.5. The minimum atomic E-state index is -4.97. The average molecular weight is 545 g/mol. The molecule has 0 saturated carbocycles. The standard InChI is InChI=1S/C27H27F7N2O2/c1-18(20-15-21(26(29,30)31)17-22(16-20)27(32,33)34)38-25-24(19-5-7-23(28)8-6-19)36(13-14-37-25)12-3-2-9-35-10-4-11-35/h5-8,15-18,24-25H,4,9-14H2,1H3/t18-,24+,25-/m1/s1. The lowest BCUT2D eigenvalue weighted by atomic mass is 10.0. The lowest BCUT2D eigenvalue weighted by Crippen LogP contribution is -2.47. The van der Waals surface area contributed by atoms with Gasteiger partial charge < -0.3 is 9.47 Å². The van der Waals surface area contributed by atoms with Gasteiger partial charge in [-0.05, 0) is 54.8 Å². The Kier molecular flexibility index (Phi) is 8.67. The second-order valence-electron chi connectivity index (χ2n) is 9.31. The van der Waals surface area contributed by atoms with Gasteiger partial charge in [-0.25, -0.2) is 4.39 Å². The summed E-state index contributed by atoms with van der Waals surface area (Å²) in [6.45, 7) is 5.00. The predicted molar refractivity (Wildman–Crippen MR) is 125 cm³/mol. The molecule has 4 rings (SSSR count). The van der Waals surface area contributed by atoms with Crippen molar-refractivity contribution in [2.75, 3.05) is 39.3 Å². The SMILES string of the molecule is C[C@@H](O[C@H]1OCCN(CC#CCN2CCC2)[C@H]1c1ccc(F)cc1)c1cc(C(F)(F)F)cc(C(F)(F)F)c1. The second-order valence-corrected chi connectivity index (χ2v) is 9.31. The predicted octanol–water partition coefficient (Wildman–Crippen LogP) is 6.05. The van der Waals surface area contributed by atoms with Gasteiger partial charge in [-0.2, -0.15) is 26.3 Å². The maximum atomic E-state index is 13.6. The average Bonchev–Trinajstić information content (AvgIpc) is 2.82. The van der Waals surface area contributed by atoms with E-state index in [1.807, 2.05) is 4.90 Å². The Morgan fingerprint density at radius 2 is 1.53 bits per heavy atom. The van der Waals surface area contributed by atoms with Gasteiger partial charge in [0.2, 0.25) is 0 Å². The van der Waals surface area contributed by atoms with E-state index < -0.39 is 47.7 Å². The molecule has 4 nitrogen and oxygen atoms in total. The molecule has 0 spiro atoms. The Morgan fingerprint density at radius 3 is 2.08 bits per heavy atom. The molecule has 11 heteroatoms. The smallest absolute Gasteiger partial charge is 0.349 e. The second kappa shape index (κ2) is 11.6. The van der Waals surface area contributed by atoms with Gasteiger partial charge in [-0.1, -0.05) is 24.0 Å². The van der Waals surface area contributed by atoms with Crippen molar-refractivity contribution in [1.29, 1.82) is 0 Å². The molecule has 38 heavy (non-hydrogen) atoms. The van der Waals surface area contributed by atoms with Crippen LogP contribution in [0.4, 0.5) is 30.7 Å². The number of rotatable bonds is 6. The molecule has 2 aliphatic heterocycles. The molecule has 2 heterocycles. The normalized spacial score (nSPS) is 21.9. The molecule has 0 bridgehead atoms. The molecule has 3 atom stereocenters.